The van der Waals surface area contributed by atoms with E-state index in [1.165, 1.54) is 17.7 Å². The van der Waals surface area contributed by atoms with Crippen LogP contribution in [0.3, 0.4) is 0 Å². The molecule has 0 aromatic heterocycles. The summed E-state index contributed by atoms with van der Waals surface area (Å²) in [7, 11) is -1.64. The summed E-state index contributed by atoms with van der Waals surface area (Å²) >= 11 is 3.42. The number of hydrogen-bond acceptors (Lipinski definition) is 4. The molecule has 2 aromatic rings. The average molecular weight is 399 g/mol. The van der Waals surface area contributed by atoms with E-state index >= 15 is 0 Å². The lowest BCUT2D eigenvalue weighted by atomic mass is 10.2. The zero-order valence-corrected chi connectivity index (χ0v) is 15.2. The maximum absolute atomic E-state index is 11.2. The smallest absolute Gasteiger partial charge is 0.238 e. The number of halogens is 1. The van der Waals surface area contributed by atoms with Crippen LogP contribution in [-0.4, -0.2) is 33.5 Å². The second-order valence-corrected chi connectivity index (χ2v) is 7.71. The molecule has 0 aliphatic carbocycles. The van der Waals surface area contributed by atoms with Crippen LogP contribution in [0.5, 0.6) is 5.75 Å². The molecule has 0 fully saturated rings. The average Bonchev–Trinajstić information content (AvgIpc) is 2.49. The monoisotopic (exact) mass is 398 g/mol. The van der Waals surface area contributed by atoms with Crippen molar-refractivity contribution in [2.45, 2.75) is 11.4 Å². The van der Waals surface area contributed by atoms with Crippen molar-refractivity contribution in [2.24, 2.45) is 5.14 Å². The lowest BCUT2D eigenvalue weighted by Gasteiger charge is -2.17. The van der Waals surface area contributed by atoms with Crippen LogP contribution in [-0.2, 0) is 16.6 Å². The van der Waals surface area contributed by atoms with Crippen molar-refractivity contribution >= 4 is 26.0 Å². The summed E-state index contributed by atoms with van der Waals surface area (Å²) in [5.41, 5.74) is 1.23. The molecule has 2 rings (SSSR count). The molecule has 124 valence electrons. The Morgan fingerprint density at radius 2 is 1.70 bits per heavy atom. The van der Waals surface area contributed by atoms with Crippen LogP contribution in [0.25, 0.3) is 0 Å². The van der Waals surface area contributed by atoms with Gasteiger partial charge in [0.1, 0.15) is 12.4 Å². The quantitative estimate of drug-likeness (QED) is 0.777. The zero-order chi connectivity index (χ0) is 16.9. The van der Waals surface area contributed by atoms with Crippen molar-refractivity contribution < 1.29 is 13.2 Å². The van der Waals surface area contributed by atoms with Gasteiger partial charge in [-0.05, 0) is 49.0 Å². The molecule has 0 unspecified atom stereocenters. The van der Waals surface area contributed by atoms with E-state index in [1.807, 2.05) is 19.2 Å². The Morgan fingerprint density at radius 1 is 1.09 bits per heavy atom. The Kier molecular flexibility index (Phi) is 6.17. The first-order valence-electron chi connectivity index (χ1n) is 7.03. The summed E-state index contributed by atoms with van der Waals surface area (Å²) in [5, 5.41) is 5.05. The molecule has 5 nitrogen and oxygen atoms in total. The molecule has 0 saturated heterocycles. The molecule has 0 heterocycles. The first kappa shape index (κ1) is 17.9. The fourth-order valence-corrected chi connectivity index (χ4v) is 2.81. The Labute approximate surface area is 145 Å². The molecular formula is C16H19BrN2O3S. The van der Waals surface area contributed by atoms with Crippen molar-refractivity contribution in [3.05, 3.63) is 58.6 Å². The first-order chi connectivity index (χ1) is 10.8. The minimum Gasteiger partial charge on any atom is -0.492 e. The number of hydrogen-bond donors (Lipinski definition) is 1. The van der Waals surface area contributed by atoms with Gasteiger partial charge in [0.2, 0.25) is 10.0 Å². The SMILES string of the molecule is CN(CCOc1ccc(S(N)(=O)=O)cc1)Cc1ccc(Br)cc1. The lowest BCUT2D eigenvalue weighted by Crippen LogP contribution is -2.23. The van der Waals surface area contributed by atoms with E-state index in [0.29, 0.717) is 12.4 Å². The fourth-order valence-electron chi connectivity index (χ4n) is 2.03. The summed E-state index contributed by atoms with van der Waals surface area (Å²) in [6.45, 7) is 2.11. The van der Waals surface area contributed by atoms with Crippen molar-refractivity contribution in [1.82, 2.24) is 4.90 Å². The van der Waals surface area contributed by atoms with E-state index < -0.39 is 10.0 Å². The highest BCUT2D eigenvalue weighted by molar-refractivity contribution is 9.10. The number of nitrogens with two attached hydrogens (primary N) is 1. The van der Waals surface area contributed by atoms with Crippen LogP contribution in [0.1, 0.15) is 5.56 Å². The lowest BCUT2D eigenvalue weighted by molar-refractivity contribution is 0.233. The Morgan fingerprint density at radius 3 is 2.26 bits per heavy atom. The van der Waals surface area contributed by atoms with Crippen molar-refractivity contribution in [3.63, 3.8) is 0 Å². The molecule has 0 spiro atoms. The summed E-state index contributed by atoms with van der Waals surface area (Å²) in [4.78, 5) is 2.24. The molecular weight excluding hydrogens is 380 g/mol. The van der Waals surface area contributed by atoms with Crippen molar-refractivity contribution in [3.8, 4) is 5.75 Å². The highest BCUT2D eigenvalue weighted by Gasteiger charge is 2.07. The molecule has 0 amide bonds. The van der Waals surface area contributed by atoms with Crippen LogP contribution >= 0.6 is 15.9 Å². The number of benzene rings is 2. The number of likely N-dealkylation sites (N-methyl/N-ethyl adjacent to an activating group) is 1. The van der Waals surface area contributed by atoms with Crippen LogP contribution < -0.4 is 9.88 Å². The molecule has 0 aliphatic rings. The van der Waals surface area contributed by atoms with Gasteiger partial charge in [0.05, 0.1) is 4.90 Å². The van der Waals surface area contributed by atoms with Gasteiger partial charge in [-0.25, -0.2) is 13.6 Å². The van der Waals surface area contributed by atoms with Crippen LogP contribution in [0, 0.1) is 0 Å². The predicted octanol–water partition coefficient (Wildman–Crippen LogP) is 2.61. The Balaban J connectivity index is 1.79. The van der Waals surface area contributed by atoms with Crippen LogP contribution in [0.15, 0.2) is 57.9 Å². The van der Waals surface area contributed by atoms with Gasteiger partial charge in [0.25, 0.3) is 0 Å². The Bertz CT molecular complexity index is 731. The van der Waals surface area contributed by atoms with E-state index in [2.05, 4.69) is 33.0 Å². The third-order valence-corrected chi connectivity index (χ3v) is 4.72. The summed E-state index contributed by atoms with van der Waals surface area (Å²) < 4.78 is 29.0. The number of rotatable bonds is 7. The molecule has 23 heavy (non-hydrogen) atoms. The van der Waals surface area contributed by atoms with Crippen LogP contribution in [0.2, 0.25) is 0 Å². The normalized spacial score (nSPS) is 11.7. The third-order valence-electron chi connectivity index (χ3n) is 3.26. The summed E-state index contributed by atoms with van der Waals surface area (Å²) in [5.74, 6) is 0.620. The van der Waals surface area contributed by atoms with Gasteiger partial charge in [-0.2, -0.15) is 0 Å². The maximum atomic E-state index is 11.2. The molecule has 0 atom stereocenters. The molecule has 2 aromatic carbocycles. The van der Waals surface area contributed by atoms with E-state index in [1.54, 1.807) is 12.1 Å². The standard InChI is InChI=1S/C16H19BrN2O3S/c1-19(12-13-2-4-14(17)5-3-13)10-11-22-15-6-8-16(9-7-15)23(18,20)21/h2-9H,10-12H2,1H3,(H2,18,20,21). The van der Waals surface area contributed by atoms with Gasteiger partial charge in [-0.1, -0.05) is 28.1 Å². The molecule has 0 saturated carbocycles. The molecule has 7 heteroatoms. The van der Waals surface area contributed by atoms with E-state index in [-0.39, 0.29) is 4.90 Å². The minimum absolute atomic E-state index is 0.0807. The van der Waals surface area contributed by atoms with E-state index in [0.717, 1.165) is 17.6 Å². The maximum Gasteiger partial charge on any atom is 0.238 e. The summed E-state index contributed by atoms with van der Waals surface area (Å²) in [6.07, 6.45) is 0. The highest BCUT2D eigenvalue weighted by atomic mass is 79.9. The number of ether oxygens (including phenoxy) is 1. The fraction of sp³-hybridized carbons (Fsp3) is 0.250. The van der Waals surface area contributed by atoms with Gasteiger partial charge < -0.3 is 4.74 Å². The van der Waals surface area contributed by atoms with Gasteiger partial charge >= 0.3 is 0 Å². The predicted molar refractivity (Wildman–Crippen MR) is 93.8 cm³/mol. The first-order valence-corrected chi connectivity index (χ1v) is 9.37. The second-order valence-electron chi connectivity index (χ2n) is 5.23. The number of primary sulfonamides is 1. The van der Waals surface area contributed by atoms with Gasteiger partial charge in [-0.15, -0.1) is 0 Å². The summed E-state index contributed by atoms with van der Waals surface area (Å²) in [6, 6.07) is 14.3. The van der Waals surface area contributed by atoms with Crippen molar-refractivity contribution in [1.29, 1.82) is 0 Å². The van der Waals surface area contributed by atoms with E-state index in [9.17, 15) is 8.42 Å². The zero-order valence-electron chi connectivity index (χ0n) is 12.8. The molecule has 0 bridgehead atoms. The highest BCUT2D eigenvalue weighted by Crippen LogP contribution is 2.15. The Hall–Kier alpha value is -1.41. The van der Waals surface area contributed by atoms with Gasteiger partial charge in [-0.3, -0.25) is 4.90 Å². The van der Waals surface area contributed by atoms with Gasteiger partial charge in [0.15, 0.2) is 0 Å². The topological polar surface area (TPSA) is 72.6 Å². The third kappa shape index (κ3) is 5.95. The molecule has 0 aliphatic heterocycles. The van der Waals surface area contributed by atoms with Crippen LogP contribution in [0.4, 0.5) is 0 Å². The van der Waals surface area contributed by atoms with Gasteiger partial charge in [0, 0.05) is 17.6 Å². The molecule has 0 radical (unpaired) electrons. The molecule has 2 N–H and O–H groups in total. The number of nitrogens with zero attached hydrogens (tertiary/aromatic N) is 1. The van der Waals surface area contributed by atoms with E-state index in [4.69, 9.17) is 9.88 Å². The largest absolute Gasteiger partial charge is 0.492 e. The second kappa shape index (κ2) is 7.92. The number of sulfonamides is 1. The minimum atomic E-state index is -3.66. The van der Waals surface area contributed by atoms with Crippen molar-refractivity contribution in [2.75, 3.05) is 20.2 Å².